The fraction of sp³-hybridized carbons (Fsp3) is 0.611. The Bertz CT molecular complexity index is 583. The molecule has 0 bridgehead atoms. The number of amides is 1. The summed E-state index contributed by atoms with van der Waals surface area (Å²) in [6.07, 6.45) is 3.96. The third-order valence-electron chi connectivity index (χ3n) is 4.65. The number of rotatable bonds is 5. The molecule has 23 heavy (non-hydrogen) atoms. The molecule has 124 valence electrons. The first-order valence-corrected chi connectivity index (χ1v) is 8.41. The molecule has 2 rings (SSSR count). The Morgan fingerprint density at radius 1 is 1.35 bits per heavy atom. The van der Waals surface area contributed by atoms with Gasteiger partial charge in [-0.2, -0.15) is 5.26 Å². The Kier molecular flexibility index (Phi) is 5.97. The van der Waals surface area contributed by atoms with Gasteiger partial charge < -0.3 is 10.6 Å². The van der Waals surface area contributed by atoms with Gasteiger partial charge in [-0.1, -0.05) is 13.8 Å². The van der Waals surface area contributed by atoms with E-state index in [1.807, 2.05) is 12.1 Å². The fourth-order valence-corrected chi connectivity index (χ4v) is 3.09. The lowest BCUT2D eigenvalue weighted by molar-refractivity contribution is -0.125. The Labute approximate surface area is 138 Å². The highest BCUT2D eigenvalue weighted by Gasteiger charge is 2.25. The van der Waals surface area contributed by atoms with Crippen LogP contribution in [0.4, 0.5) is 5.82 Å². The van der Waals surface area contributed by atoms with Crippen molar-refractivity contribution in [2.45, 2.75) is 45.4 Å². The fourth-order valence-electron chi connectivity index (χ4n) is 3.09. The number of pyridine rings is 1. The van der Waals surface area contributed by atoms with Gasteiger partial charge in [-0.05, 0) is 49.7 Å². The predicted octanol–water partition coefficient (Wildman–Crippen LogP) is 3.04. The second-order valence-corrected chi connectivity index (χ2v) is 6.61. The predicted molar refractivity (Wildman–Crippen MR) is 91.0 cm³/mol. The van der Waals surface area contributed by atoms with Crippen LogP contribution >= 0.6 is 0 Å². The van der Waals surface area contributed by atoms with Crippen LogP contribution in [0.2, 0.25) is 0 Å². The summed E-state index contributed by atoms with van der Waals surface area (Å²) < 4.78 is 0. The van der Waals surface area contributed by atoms with Gasteiger partial charge >= 0.3 is 0 Å². The molecule has 1 aliphatic carbocycles. The molecule has 0 atom stereocenters. The number of hydrogen-bond acceptors (Lipinski definition) is 4. The molecular weight excluding hydrogens is 288 g/mol. The van der Waals surface area contributed by atoms with Gasteiger partial charge in [-0.25, -0.2) is 4.98 Å². The van der Waals surface area contributed by atoms with Crippen molar-refractivity contribution in [2.24, 2.45) is 11.8 Å². The van der Waals surface area contributed by atoms with Crippen LogP contribution in [0.1, 0.15) is 56.7 Å². The van der Waals surface area contributed by atoms with E-state index in [0.29, 0.717) is 23.2 Å². The number of carbonyl (C=O) groups excluding carboxylic acids is 1. The standard InChI is InChI=1S/C18H26N4O/c1-12(2)16-9-8-15(10-19)17(22-16)21-11-13-4-6-14(7-5-13)18(23)20-3/h8-9,12-14H,4-7,11H2,1-3H3,(H,20,23)(H,21,22). The number of aromatic nitrogens is 1. The monoisotopic (exact) mass is 314 g/mol. The van der Waals surface area contributed by atoms with Gasteiger partial charge in [0.25, 0.3) is 0 Å². The number of carbonyl (C=O) groups is 1. The molecule has 1 heterocycles. The molecule has 0 radical (unpaired) electrons. The van der Waals surface area contributed by atoms with Crippen molar-refractivity contribution in [1.82, 2.24) is 10.3 Å². The van der Waals surface area contributed by atoms with Crippen LogP contribution in [-0.2, 0) is 4.79 Å². The van der Waals surface area contributed by atoms with E-state index >= 15 is 0 Å². The minimum absolute atomic E-state index is 0.160. The molecular formula is C18H26N4O. The van der Waals surface area contributed by atoms with E-state index in [1.165, 1.54) is 0 Å². The third kappa shape index (κ3) is 4.44. The van der Waals surface area contributed by atoms with Crippen molar-refractivity contribution in [3.63, 3.8) is 0 Å². The summed E-state index contributed by atoms with van der Waals surface area (Å²) in [6.45, 7) is 5.00. The largest absolute Gasteiger partial charge is 0.369 e. The van der Waals surface area contributed by atoms with Crippen molar-refractivity contribution in [3.05, 3.63) is 23.4 Å². The Balaban J connectivity index is 1.93. The average Bonchev–Trinajstić information content (AvgIpc) is 2.59. The highest BCUT2D eigenvalue weighted by Crippen LogP contribution is 2.29. The zero-order valence-corrected chi connectivity index (χ0v) is 14.2. The van der Waals surface area contributed by atoms with E-state index in [4.69, 9.17) is 0 Å². The highest BCUT2D eigenvalue weighted by atomic mass is 16.1. The first-order valence-electron chi connectivity index (χ1n) is 8.41. The quantitative estimate of drug-likeness (QED) is 0.875. The van der Waals surface area contributed by atoms with Crippen LogP contribution in [-0.4, -0.2) is 24.5 Å². The van der Waals surface area contributed by atoms with Gasteiger partial charge in [0.05, 0.1) is 5.56 Å². The van der Waals surface area contributed by atoms with Crippen LogP contribution in [0.15, 0.2) is 12.1 Å². The molecule has 0 aromatic carbocycles. The molecule has 1 fully saturated rings. The van der Waals surface area contributed by atoms with Gasteiger partial charge in [0.2, 0.25) is 5.91 Å². The smallest absolute Gasteiger partial charge is 0.222 e. The highest BCUT2D eigenvalue weighted by molar-refractivity contribution is 5.78. The maximum atomic E-state index is 11.7. The van der Waals surface area contributed by atoms with Crippen molar-refractivity contribution < 1.29 is 4.79 Å². The zero-order valence-electron chi connectivity index (χ0n) is 14.2. The number of anilines is 1. The lowest BCUT2D eigenvalue weighted by Gasteiger charge is -2.27. The molecule has 0 spiro atoms. The lowest BCUT2D eigenvalue weighted by atomic mass is 9.81. The molecule has 1 aliphatic rings. The molecule has 1 aromatic rings. The van der Waals surface area contributed by atoms with Crippen molar-refractivity contribution >= 4 is 11.7 Å². The molecule has 0 saturated heterocycles. The van der Waals surface area contributed by atoms with Gasteiger partial charge in [0.1, 0.15) is 11.9 Å². The van der Waals surface area contributed by atoms with Gasteiger partial charge in [0, 0.05) is 25.2 Å². The summed E-state index contributed by atoms with van der Waals surface area (Å²) in [5.41, 5.74) is 1.59. The van der Waals surface area contributed by atoms with Gasteiger partial charge in [0.15, 0.2) is 0 Å². The van der Waals surface area contributed by atoms with Crippen LogP contribution in [0.3, 0.4) is 0 Å². The maximum absolute atomic E-state index is 11.7. The third-order valence-corrected chi connectivity index (χ3v) is 4.65. The number of nitrogens with zero attached hydrogens (tertiary/aromatic N) is 2. The summed E-state index contributed by atoms with van der Waals surface area (Å²) in [5.74, 6) is 1.88. The van der Waals surface area contributed by atoms with Crippen LogP contribution < -0.4 is 10.6 Å². The van der Waals surface area contributed by atoms with E-state index < -0.39 is 0 Å². The van der Waals surface area contributed by atoms with Crippen molar-refractivity contribution in [1.29, 1.82) is 5.26 Å². The molecule has 0 aliphatic heterocycles. The number of nitriles is 1. The number of hydrogen-bond donors (Lipinski definition) is 2. The molecule has 0 unspecified atom stereocenters. The summed E-state index contributed by atoms with van der Waals surface area (Å²) >= 11 is 0. The average molecular weight is 314 g/mol. The SMILES string of the molecule is CNC(=O)C1CCC(CNc2nc(C(C)C)ccc2C#N)CC1. The molecule has 5 nitrogen and oxygen atoms in total. The zero-order chi connectivity index (χ0) is 16.8. The Morgan fingerprint density at radius 2 is 2.04 bits per heavy atom. The molecule has 2 N–H and O–H groups in total. The summed E-state index contributed by atoms with van der Waals surface area (Å²) in [7, 11) is 1.70. The molecule has 1 amide bonds. The second kappa shape index (κ2) is 7.96. The molecule has 1 saturated carbocycles. The minimum atomic E-state index is 0.160. The Morgan fingerprint density at radius 3 is 2.61 bits per heavy atom. The van der Waals surface area contributed by atoms with E-state index in [-0.39, 0.29) is 11.8 Å². The topological polar surface area (TPSA) is 77.8 Å². The second-order valence-electron chi connectivity index (χ2n) is 6.61. The minimum Gasteiger partial charge on any atom is -0.369 e. The van der Waals surface area contributed by atoms with E-state index in [0.717, 1.165) is 37.9 Å². The van der Waals surface area contributed by atoms with Gasteiger partial charge in [-0.3, -0.25) is 4.79 Å². The maximum Gasteiger partial charge on any atom is 0.222 e. The number of nitrogens with one attached hydrogen (secondary N) is 2. The van der Waals surface area contributed by atoms with E-state index in [1.54, 1.807) is 7.05 Å². The van der Waals surface area contributed by atoms with Crippen LogP contribution in [0, 0.1) is 23.2 Å². The van der Waals surface area contributed by atoms with E-state index in [2.05, 4.69) is 35.5 Å². The summed E-state index contributed by atoms with van der Waals surface area (Å²) in [5, 5.41) is 15.3. The van der Waals surface area contributed by atoms with Crippen molar-refractivity contribution in [3.8, 4) is 6.07 Å². The van der Waals surface area contributed by atoms with Crippen molar-refractivity contribution in [2.75, 3.05) is 18.9 Å². The van der Waals surface area contributed by atoms with Crippen LogP contribution in [0.25, 0.3) is 0 Å². The Hall–Kier alpha value is -2.09. The van der Waals surface area contributed by atoms with Gasteiger partial charge in [-0.15, -0.1) is 0 Å². The summed E-state index contributed by atoms with van der Waals surface area (Å²) in [6, 6.07) is 5.96. The first-order chi connectivity index (χ1) is 11.0. The normalized spacial score (nSPS) is 20.8. The molecule has 5 heteroatoms. The lowest BCUT2D eigenvalue weighted by Crippen LogP contribution is -2.32. The van der Waals surface area contributed by atoms with Crippen LogP contribution in [0.5, 0.6) is 0 Å². The first kappa shape index (κ1) is 17.3. The summed E-state index contributed by atoms with van der Waals surface area (Å²) in [4.78, 5) is 16.3. The molecule has 1 aromatic heterocycles. The van der Waals surface area contributed by atoms with E-state index in [9.17, 15) is 10.1 Å².